The maximum absolute atomic E-state index is 12.3. The van der Waals surface area contributed by atoms with Crippen molar-refractivity contribution in [3.8, 4) is 0 Å². The molecule has 4 rings (SSSR count). The molecule has 3 atom stereocenters. The Morgan fingerprint density at radius 3 is 2.81 bits per heavy atom. The van der Waals surface area contributed by atoms with Crippen LogP contribution in [0, 0.1) is 19.8 Å². The number of aromatic amines is 1. The number of ether oxygens (including phenoxy) is 2. The lowest BCUT2D eigenvalue weighted by Crippen LogP contribution is -2.51. The Hall–Kier alpha value is -1.17. The van der Waals surface area contributed by atoms with Gasteiger partial charge in [-0.15, -0.1) is 0 Å². The van der Waals surface area contributed by atoms with Gasteiger partial charge in [0.05, 0.1) is 11.7 Å². The van der Waals surface area contributed by atoms with E-state index < -0.39 is 0 Å². The molecular weight excluding hydrogens is 328 g/mol. The summed E-state index contributed by atoms with van der Waals surface area (Å²) in [5.74, 6) is 0.809. The predicted octanol–water partition coefficient (Wildman–Crippen LogP) is 2.93. The van der Waals surface area contributed by atoms with Gasteiger partial charge in [0, 0.05) is 55.9 Å². The first-order valence-electron chi connectivity index (χ1n) is 10.1. The number of fused-ring (bicyclic) bond motifs is 1. The average Bonchev–Trinajstić information content (AvgIpc) is 3.42. The molecule has 3 fully saturated rings. The summed E-state index contributed by atoms with van der Waals surface area (Å²) >= 11 is 0. The van der Waals surface area contributed by atoms with Gasteiger partial charge < -0.3 is 14.5 Å². The molecule has 0 aromatic carbocycles. The normalized spacial score (nSPS) is 32.0. The second-order valence-corrected chi connectivity index (χ2v) is 8.58. The lowest BCUT2D eigenvalue weighted by atomic mass is 9.79. The van der Waals surface area contributed by atoms with Gasteiger partial charge in [0.25, 0.3) is 0 Å². The zero-order valence-corrected chi connectivity index (χ0v) is 16.3. The first kappa shape index (κ1) is 18.2. The Kier molecular flexibility index (Phi) is 4.97. The molecule has 3 aliphatic rings. The highest BCUT2D eigenvalue weighted by atomic mass is 16.5. The van der Waals surface area contributed by atoms with Crippen LogP contribution in [0.3, 0.4) is 0 Å². The third-order valence-electron chi connectivity index (χ3n) is 6.89. The van der Waals surface area contributed by atoms with E-state index in [0.29, 0.717) is 12.1 Å². The molecule has 1 aromatic rings. The summed E-state index contributed by atoms with van der Waals surface area (Å²) in [5, 5.41) is 0. The van der Waals surface area contributed by atoms with E-state index in [-0.39, 0.29) is 11.0 Å². The lowest BCUT2D eigenvalue weighted by molar-refractivity contribution is -0.103. The van der Waals surface area contributed by atoms with E-state index in [1.165, 1.54) is 12.8 Å². The van der Waals surface area contributed by atoms with Crippen LogP contribution >= 0.6 is 0 Å². The van der Waals surface area contributed by atoms with E-state index in [4.69, 9.17) is 9.47 Å². The minimum absolute atomic E-state index is 0.0433. The van der Waals surface area contributed by atoms with E-state index in [0.717, 1.165) is 68.1 Å². The number of likely N-dealkylation sites (tertiary alicyclic amines) is 1. The average molecular weight is 360 g/mol. The van der Waals surface area contributed by atoms with Crippen LogP contribution in [0.25, 0.3) is 0 Å². The largest absolute Gasteiger partial charge is 0.378 e. The molecule has 0 bridgehead atoms. The molecule has 2 aliphatic carbocycles. The molecule has 0 amide bonds. The van der Waals surface area contributed by atoms with Gasteiger partial charge in [-0.2, -0.15) is 0 Å². The van der Waals surface area contributed by atoms with Gasteiger partial charge in [0.15, 0.2) is 5.43 Å². The topological polar surface area (TPSA) is 54.6 Å². The number of nitrogens with one attached hydrogen (secondary N) is 1. The van der Waals surface area contributed by atoms with Crippen LogP contribution in [-0.4, -0.2) is 47.9 Å². The van der Waals surface area contributed by atoms with E-state index in [1.54, 1.807) is 0 Å². The van der Waals surface area contributed by atoms with Crippen molar-refractivity contribution in [2.24, 2.45) is 5.92 Å². The molecule has 0 radical (unpaired) electrons. The van der Waals surface area contributed by atoms with E-state index in [2.05, 4.69) is 9.88 Å². The summed E-state index contributed by atoms with van der Waals surface area (Å²) in [4.78, 5) is 18.1. The Morgan fingerprint density at radius 2 is 2.08 bits per heavy atom. The van der Waals surface area contributed by atoms with Crippen molar-refractivity contribution in [2.75, 3.05) is 20.3 Å². The second kappa shape index (κ2) is 7.10. The summed E-state index contributed by atoms with van der Waals surface area (Å²) in [5.41, 5.74) is 2.78. The van der Waals surface area contributed by atoms with E-state index >= 15 is 0 Å². The SMILES string of the molecule is CO[C@@]12CC[C@@H](OCC3CC3)C[C@@H]1N(Cc1[nH]cc(C)c(=O)c1C)CC2. The van der Waals surface area contributed by atoms with Gasteiger partial charge in [0.1, 0.15) is 0 Å². The standard InChI is InChI=1S/C21H32N2O3/c1-14-11-22-18(15(2)20(14)24)12-23-9-8-21(25-3)7-6-17(10-19(21)23)26-13-16-4-5-16/h11,16-17,19H,4-10,12-13H2,1-3H3,(H,22,24)/t17-,19+,21-/m1/s1. The minimum atomic E-state index is -0.0433. The highest BCUT2D eigenvalue weighted by Gasteiger charge is 2.51. The highest BCUT2D eigenvalue weighted by Crippen LogP contribution is 2.44. The maximum Gasteiger partial charge on any atom is 0.187 e. The number of nitrogens with zero attached hydrogens (tertiary/aromatic N) is 1. The van der Waals surface area contributed by atoms with Gasteiger partial charge in [-0.3, -0.25) is 9.69 Å². The Balaban J connectivity index is 1.49. The molecule has 0 unspecified atom stereocenters. The zero-order valence-electron chi connectivity index (χ0n) is 16.3. The van der Waals surface area contributed by atoms with Gasteiger partial charge in [-0.1, -0.05) is 0 Å². The van der Waals surface area contributed by atoms with Crippen molar-refractivity contribution in [1.82, 2.24) is 9.88 Å². The van der Waals surface area contributed by atoms with E-state index in [1.807, 2.05) is 27.2 Å². The zero-order chi connectivity index (χ0) is 18.3. The Morgan fingerprint density at radius 1 is 1.27 bits per heavy atom. The number of rotatable bonds is 6. The fraction of sp³-hybridized carbons (Fsp3) is 0.762. The molecule has 1 saturated heterocycles. The first-order valence-corrected chi connectivity index (χ1v) is 10.1. The van der Waals surface area contributed by atoms with Gasteiger partial charge in [-0.05, 0) is 58.3 Å². The van der Waals surface area contributed by atoms with Gasteiger partial charge in [-0.25, -0.2) is 0 Å². The molecule has 5 nitrogen and oxygen atoms in total. The Bertz CT molecular complexity index is 712. The number of aromatic nitrogens is 1. The van der Waals surface area contributed by atoms with E-state index in [9.17, 15) is 4.79 Å². The van der Waals surface area contributed by atoms with Crippen molar-refractivity contribution in [3.63, 3.8) is 0 Å². The maximum atomic E-state index is 12.3. The number of H-pyrrole nitrogens is 1. The van der Waals surface area contributed by atoms with Crippen LogP contribution < -0.4 is 5.43 Å². The fourth-order valence-electron chi connectivity index (χ4n) is 4.82. The molecule has 1 N–H and O–H groups in total. The number of aryl methyl sites for hydroxylation is 1. The first-order chi connectivity index (χ1) is 12.5. The summed E-state index contributed by atoms with van der Waals surface area (Å²) < 4.78 is 12.3. The number of methoxy groups -OCH3 is 1. The van der Waals surface area contributed by atoms with Gasteiger partial charge >= 0.3 is 0 Å². The highest BCUT2D eigenvalue weighted by molar-refractivity contribution is 5.24. The summed E-state index contributed by atoms with van der Waals surface area (Å²) in [7, 11) is 1.86. The summed E-state index contributed by atoms with van der Waals surface area (Å²) in [6.07, 6.45) is 9.15. The minimum Gasteiger partial charge on any atom is -0.378 e. The van der Waals surface area contributed by atoms with Crippen molar-refractivity contribution in [2.45, 2.75) is 76.7 Å². The molecule has 26 heavy (non-hydrogen) atoms. The monoisotopic (exact) mass is 360 g/mol. The van der Waals surface area contributed by atoms with Crippen LogP contribution in [0.5, 0.6) is 0 Å². The third kappa shape index (κ3) is 3.37. The molecule has 144 valence electrons. The van der Waals surface area contributed by atoms with Crippen LogP contribution in [0.15, 0.2) is 11.0 Å². The van der Waals surface area contributed by atoms with Crippen molar-refractivity contribution < 1.29 is 9.47 Å². The molecule has 0 spiro atoms. The van der Waals surface area contributed by atoms with Gasteiger partial charge in [0.2, 0.25) is 0 Å². The molecule has 1 aliphatic heterocycles. The molecular formula is C21H32N2O3. The molecule has 5 heteroatoms. The van der Waals surface area contributed by atoms with Crippen molar-refractivity contribution in [3.05, 3.63) is 33.2 Å². The van der Waals surface area contributed by atoms with Crippen molar-refractivity contribution in [1.29, 1.82) is 0 Å². The third-order valence-corrected chi connectivity index (χ3v) is 6.89. The lowest BCUT2D eigenvalue weighted by Gasteiger charge is -2.43. The number of pyridine rings is 1. The predicted molar refractivity (Wildman–Crippen MR) is 101 cm³/mol. The van der Waals surface area contributed by atoms with Crippen LogP contribution in [0.2, 0.25) is 0 Å². The summed E-state index contributed by atoms with van der Waals surface area (Å²) in [6, 6.07) is 0.370. The quantitative estimate of drug-likeness (QED) is 0.847. The van der Waals surface area contributed by atoms with Crippen LogP contribution in [0.4, 0.5) is 0 Å². The molecule has 1 aromatic heterocycles. The van der Waals surface area contributed by atoms with Crippen LogP contribution in [-0.2, 0) is 16.0 Å². The fourth-order valence-corrected chi connectivity index (χ4v) is 4.82. The number of hydrogen-bond donors (Lipinski definition) is 1. The summed E-state index contributed by atoms with van der Waals surface area (Å²) in [6.45, 7) is 6.53. The van der Waals surface area contributed by atoms with Crippen LogP contribution in [0.1, 0.15) is 55.3 Å². The smallest absolute Gasteiger partial charge is 0.187 e. The second-order valence-electron chi connectivity index (χ2n) is 8.58. The molecule has 2 saturated carbocycles. The number of hydrogen-bond acceptors (Lipinski definition) is 4. The Labute approximate surface area is 156 Å². The molecule has 2 heterocycles. The van der Waals surface area contributed by atoms with Crippen molar-refractivity contribution >= 4 is 0 Å².